The first-order chi connectivity index (χ1) is 6.90. The fourth-order valence-electron chi connectivity index (χ4n) is 3.33. The minimum atomic E-state index is -0.702. The lowest BCUT2D eigenvalue weighted by molar-refractivity contribution is 0.171. The highest BCUT2D eigenvalue weighted by Crippen LogP contribution is 2.57. The van der Waals surface area contributed by atoms with Crippen molar-refractivity contribution in [2.24, 2.45) is 11.8 Å². The molecule has 0 aromatic rings. The second kappa shape index (κ2) is 3.71. The molecule has 1 aliphatic carbocycles. The van der Waals surface area contributed by atoms with Crippen molar-refractivity contribution in [3.05, 3.63) is 0 Å². The van der Waals surface area contributed by atoms with Gasteiger partial charge in [0.05, 0.1) is 6.61 Å². The van der Waals surface area contributed by atoms with Gasteiger partial charge in [-0.25, -0.2) is 4.67 Å². The third-order valence-electron chi connectivity index (χ3n) is 3.96. The van der Waals surface area contributed by atoms with Crippen molar-refractivity contribution in [2.45, 2.75) is 31.7 Å². The molecule has 2 aliphatic heterocycles. The van der Waals surface area contributed by atoms with E-state index < -0.39 is 8.53 Å². The van der Waals surface area contributed by atoms with E-state index in [0.717, 1.165) is 24.5 Å². The Bertz CT molecular complexity index is 226. The summed E-state index contributed by atoms with van der Waals surface area (Å²) in [6, 6.07) is 0.780. The zero-order valence-electron chi connectivity index (χ0n) is 8.69. The molecule has 4 heteroatoms. The van der Waals surface area contributed by atoms with Crippen molar-refractivity contribution in [2.75, 3.05) is 20.3 Å². The molecule has 2 heterocycles. The van der Waals surface area contributed by atoms with Crippen molar-refractivity contribution < 1.29 is 9.05 Å². The fourth-order valence-corrected chi connectivity index (χ4v) is 4.98. The SMILES string of the molecule is CO[P@@]1OC[C@@H]2CN1C1CCCC[C@H]12. The molecule has 0 aromatic heterocycles. The fraction of sp³-hybridized carbons (Fsp3) is 1.00. The summed E-state index contributed by atoms with van der Waals surface area (Å²) >= 11 is 0. The lowest BCUT2D eigenvalue weighted by Gasteiger charge is -2.33. The van der Waals surface area contributed by atoms with Crippen molar-refractivity contribution in [3.63, 3.8) is 0 Å². The van der Waals surface area contributed by atoms with Gasteiger partial charge in [-0.3, -0.25) is 0 Å². The molecule has 3 rings (SSSR count). The van der Waals surface area contributed by atoms with Gasteiger partial charge in [0.1, 0.15) is 0 Å². The van der Waals surface area contributed by atoms with Crippen molar-refractivity contribution in [1.29, 1.82) is 0 Å². The zero-order chi connectivity index (χ0) is 9.54. The Morgan fingerprint density at radius 1 is 1.36 bits per heavy atom. The number of rotatable bonds is 1. The average Bonchev–Trinajstić information content (AvgIpc) is 2.55. The van der Waals surface area contributed by atoms with E-state index in [0.29, 0.717) is 0 Å². The van der Waals surface area contributed by atoms with Gasteiger partial charge < -0.3 is 9.05 Å². The number of fused-ring (bicyclic) bond motifs is 5. The minimum absolute atomic E-state index is 0.702. The van der Waals surface area contributed by atoms with Gasteiger partial charge in [-0.1, -0.05) is 12.8 Å². The van der Waals surface area contributed by atoms with Crippen molar-refractivity contribution in [1.82, 2.24) is 4.67 Å². The van der Waals surface area contributed by atoms with E-state index in [2.05, 4.69) is 4.67 Å². The molecule has 14 heavy (non-hydrogen) atoms. The molecular weight excluding hydrogens is 197 g/mol. The summed E-state index contributed by atoms with van der Waals surface area (Å²) in [7, 11) is 1.08. The lowest BCUT2D eigenvalue weighted by Crippen LogP contribution is -2.31. The summed E-state index contributed by atoms with van der Waals surface area (Å²) < 4.78 is 13.7. The van der Waals surface area contributed by atoms with Crippen LogP contribution in [0.25, 0.3) is 0 Å². The third kappa shape index (κ3) is 1.34. The van der Waals surface area contributed by atoms with Crippen LogP contribution in [0.15, 0.2) is 0 Å². The van der Waals surface area contributed by atoms with Crippen LogP contribution in [-0.4, -0.2) is 31.0 Å². The van der Waals surface area contributed by atoms with E-state index >= 15 is 0 Å². The van der Waals surface area contributed by atoms with Gasteiger partial charge >= 0.3 is 0 Å². The van der Waals surface area contributed by atoms with Crippen molar-refractivity contribution >= 4 is 8.53 Å². The van der Waals surface area contributed by atoms with E-state index in [4.69, 9.17) is 9.05 Å². The summed E-state index contributed by atoms with van der Waals surface area (Å²) in [5.41, 5.74) is 0. The van der Waals surface area contributed by atoms with Crippen LogP contribution >= 0.6 is 8.53 Å². The summed E-state index contributed by atoms with van der Waals surface area (Å²) in [5.74, 6) is 1.71. The average molecular weight is 215 g/mol. The number of nitrogens with zero attached hydrogens (tertiary/aromatic N) is 1. The quantitative estimate of drug-likeness (QED) is 0.627. The number of hydrogen-bond donors (Lipinski definition) is 0. The van der Waals surface area contributed by atoms with Gasteiger partial charge in [-0.05, 0) is 18.8 Å². The van der Waals surface area contributed by atoms with Crippen LogP contribution in [0.3, 0.4) is 0 Å². The predicted octanol–water partition coefficient (Wildman–Crippen LogP) is 2.38. The highest BCUT2D eigenvalue weighted by atomic mass is 31.2. The van der Waals surface area contributed by atoms with Gasteiger partial charge in [-0.2, -0.15) is 0 Å². The third-order valence-corrected chi connectivity index (χ3v) is 5.52. The van der Waals surface area contributed by atoms with Crippen LogP contribution < -0.4 is 0 Å². The molecular formula is C10H18NO2P. The molecule has 3 nitrogen and oxygen atoms in total. The molecule has 0 aromatic carbocycles. The molecule has 2 bridgehead atoms. The van der Waals surface area contributed by atoms with Gasteiger partial charge in [0.2, 0.25) is 0 Å². The topological polar surface area (TPSA) is 21.7 Å². The molecule has 0 spiro atoms. The van der Waals surface area contributed by atoms with E-state index in [1.54, 1.807) is 7.11 Å². The zero-order valence-corrected chi connectivity index (χ0v) is 9.58. The Morgan fingerprint density at radius 2 is 2.21 bits per heavy atom. The maximum absolute atomic E-state index is 5.77. The molecule has 0 N–H and O–H groups in total. The van der Waals surface area contributed by atoms with Crippen LogP contribution in [0.2, 0.25) is 0 Å². The van der Waals surface area contributed by atoms with Crippen LogP contribution in [0.1, 0.15) is 25.7 Å². The van der Waals surface area contributed by atoms with Crippen molar-refractivity contribution in [3.8, 4) is 0 Å². The van der Waals surface area contributed by atoms with Gasteiger partial charge in [0.15, 0.2) is 0 Å². The molecule has 80 valence electrons. The molecule has 3 fully saturated rings. The molecule has 1 saturated carbocycles. The summed E-state index contributed by atoms with van der Waals surface area (Å²) in [6.07, 6.45) is 5.61. The summed E-state index contributed by atoms with van der Waals surface area (Å²) in [6.45, 7) is 2.17. The smallest absolute Gasteiger partial charge is 0.258 e. The minimum Gasteiger partial charge on any atom is -0.325 e. The van der Waals surface area contributed by atoms with Crippen LogP contribution in [0.5, 0.6) is 0 Å². The second-order valence-corrected chi connectivity index (χ2v) is 6.23. The van der Waals surface area contributed by atoms with E-state index in [1.807, 2.05) is 0 Å². The molecule has 3 aliphatic rings. The molecule has 0 radical (unpaired) electrons. The Balaban J connectivity index is 1.81. The highest BCUT2D eigenvalue weighted by molar-refractivity contribution is 7.44. The Labute approximate surface area is 86.7 Å². The molecule has 2 unspecified atom stereocenters. The standard InChI is InChI=1S/C10H18NO2P/c1-12-14-11-6-8(7-13-14)9-4-2-3-5-10(9)11/h8-10H,2-7H2,1H3/t8-,9-,10?,14-/m0/s1. The number of hydrogen-bond acceptors (Lipinski definition) is 3. The van der Waals surface area contributed by atoms with Crippen LogP contribution in [-0.2, 0) is 9.05 Å². The maximum atomic E-state index is 5.77. The van der Waals surface area contributed by atoms with Crippen LogP contribution in [0.4, 0.5) is 0 Å². The predicted molar refractivity (Wildman–Crippen MR) is 55.8 cm³/mol. The molecule has 0 amide bonds. The van der Waals surface area contributed by atoms with E-state index in [9.17, 15) is 0 Å². The Kier molecular flexibility index (Phi) is 2.53. The Morgan fingerprint density at radius 3 is 3.07 bits per heavy atom. The van der Waals surface area contributed by atoms with Gasteiger partial charge in [0, 0.05) is 25.6 Å². The van der Waals surface area contributed by atoms with E-state index in [1.165, 1.54) is 32.2 Å². The first-order valence-electron chi connectivity index (χ1n) is 5.64. The molecule has 2 saturated heterocycles. The molecule has 5 atom stereocenters. The highest BCUT2D eigenvalue weighted by Gasteiger charge is 2.49. The largest absolute Gasteiger partial charge is 0.325 e. The maximum Gasteiger partial charge on any atom is 0.258 e. The lowest BCUT2D eigenvalue weighted by atomic mass is 9.80. The van der Waals surface area contributed by atoms with Crippen LogP contribution in [0, 0.1) is 11.8 Å². The summed E-state index contributed by atoms with van der Waals surface area (Å²) in [5, 5.41) is 0. The normalized spacial score (nSPS) is 51.6. The monoisotopic (exact) mass is 215 g/mol. The summed E-state index contributed by atoms with van der Waals surface area (Å²) in [4.78, 5) is 0. The first-order valence-corrected chi connectivity index (χ1v) is 6.77. The Hall–Kier alpha value is 0.310. The van der Waals surface area contributed by atoms with Gasteiger partial charge in [-0.15, -0.1) is 0 Å². The first kappa shape index (κ1) is 9.53. The van der Waals surface area contributed by atoms with Gasteiger partial charge in [0.25, 0.3) is 8.53 Å². The van der Waals surface area contributed by atoms with E-state index in [-0.39, 0.29) is 0 Å². The second-order valence-electron chi connectivity index (χ2n) is 4.61.